The summed E-state index contributed by atoms with van der Waals surface area (Å²) in [5, 5.41) is 4.42. The van der Waals surface area contributed by atoms with Crippen LogP contribution in [-0.2, 0) is 0 Å². The standard InChI is InChI=1S/C36H23NO2/c1-3-11-25(12-4-1)37(26-13-5-2-6-14-26)31-22-21-27(36-35(31)30-16-8-10-18-33(30)39-36)24-19-20-29-28-15-7-9-17-32(28)38-34(29)23-24/h1-23H. The third-order valence-electron chi connectivity index (χ3n) is 7.46. The van der Waals surface area contributed by atoms with Crippen molar-refractivity contribution in [1.82, 2.24) is 0 Å². The quantitative estimate of drug-likeness (QED) is 0.240. The Labute approximate surface area is 225 Å². The lowest BCUT2D eigenvalue weighted by atomic mass is 9.99. The van der Waals surface area contributed by atoms with Crippen molar-refractivity contribution in [3.05, 3.63) is 140 Å². The molecule has 2 heterocycles. The topological polar surface area (TPSA) is 29.5 Å². The molecule has 0 bridgehead atoms. The van der Waals surface area contributed by atoms with Crippen molar-refractivity contribution in [1.29, 1.82) is 0 Å². The average Bonchev–Trinajstić information content (AvgIpc) is 3.57. The molecule has 0 spiro atoms. The van der Waals surface area contributed by atoms with Gasteiger partial charge in [-0.1, -0.05) is 78.9 Å². The molecular weight excluding hydrogens is 478 g/mol. The van der Waals surface area contributed by atoms with Gasteiger partial charge in [-0.15, -0.1) is 0 Å². The molecule has 0 N–H and O–H groups in total. The van der Waals surface area contributed by atoms with Gasteiger partial charge in [-0.05, 0) is 66.2 Å². The Kier molecular flexibility index (Phi) is 4.82. The van der Waals surface area contributed by atoms with Crippen LogP contribution in [0.25, 0.3) is 55.0 Å². The van der Waals surface area contributed by atoms with Gasteiger partial charge in [0, 0.05) is 33.1 Å². The maximum atomic E-state index is 6.61. The lowest BCUT2D eigenvalue weighted by Gasteiger charge is -2.26. The predicted octanol–water partition coefficient (Wildman–Crippen LogP) is 10.6. The minimum atomic E-state index is 0.862. The summed E-state index contributed by atoms with van der Waals surface area (Å²) >= 11 is 0. The molecule has 0 amide bonds. The molecule has 3 nitrogen and oxygen atoms in total. The Morgan fingerprint density at radius 2 is 1.03 bits per heavy atom. The third-order valence-corrected chi connectivity index (χ3v) is 7.46. The second-order valence-electron chi connectivity index (χ2n) is 9.75. The number of furan rings is 2. The first kappa shape index (κ1) is 21.8. The Hall–Kier alpha value is -5.28. The molecule has 0 atom stereocenters. The van der Waals surface area contributed by atoms with Gasteiger partial charge in [-0.25, -0.2) is 0 Å². The highest BCUT2D eigenvalue weighted by molar-refractivity contribution is 6.17. The molecule has 0 aliphatic rings. The van der Waals surface area contributed by atoms with Gasteiger partial charge in [0.05, 0.1) is 11.1 Å². The summed E-state index contributed by atoms with van der Waals surface area (Å²) in [5.74, 6) is 0. The van der Waals surface area contributed by atoms with Crippen LogP contribution < -0.4 is 4.90 Å². The Morgan fingerprint density at radius 3 is 1.74 bits per heavy atom. The molecule has 0 saturated carbocycles. The predicted molar refractivity (Wildman–Crippen MR) is 161 cm³/mol. The van der Waals surface area contributed by atoms with Crippen molar-refractivity contribution in [2.75, 3.05) is 4.90 Å². The van der Waals surface area contributed by atoms with E-state index in [-0.39, 0.29) is 0 Å². The zero-order valence-electron chi connectivity index (χ0n) is 21.0. The van der Waals surface area contributed by atoms with Crippen LogP contribution in [0.3, 0.4) is 0 Å². The Morgan fingerprint density at radius 1 is 0.436 bits per heavy atom. The molecule has 39 heavy (non-hydrogen) atoms. The molecule has 0 aliphatic carbocycles. The number of nitrogens with zero attached hydrogens (tertiary/aromatic N) is 1. The zero-order chi connectivity index (χ0) is 25.8. The molecule has 184 valence electrons. The summed E-state index contributed by atoms with van der Waals surface area (Å²) in [4.78, 5) is 2.30. The van der Waals surface area contributed by atoms with Crippen molar-refractivity contribution >= 4 is 60.9 Å². The van der Waals surface area contributed by atoms with E-state index >= 15 is 0 Å². The number of fused-ring (bicyclic) bond motifs is 6. The van der Waals surface area contributed by atoms with Crippen molar-refractivity contribution in [2.45, 2.75) is 0 Å². The van der Waals surface area contributed by atoms with Crippen LogP contribution in [0.1, 0.15) is 0 Å². The molecule has 0 fully saturated rings. The highest BCUT2D eigenvalue weighted by Crippen LogP contribution is 2.46. The van der Waals surface area contributed by atoms with Crippen LogP contribution in [0.5, 0.6) is 0 Å². The largest absolute Gasteiger partial charge is 0.456 e. The zero-order valence-corrected chi connectivity index (χ0v) is 21.0. The normalized spacial score (nSPS) is 11.6. The monoisotopic (exact) mass is 501 g/mol. The van der Waals surface area contributed by atoms with E-state index in [1.807, 2.05) is 42.5 Å². The van der Waals surface area contributed by atoms with Gasteiger partial charge in [0.25, 0.3) is 0 Å². The van der Waals surface area contributed by atoms with Crippen LogP contribution in [0.15, 0.2) is 148 Å². The lowest BCUT2D eigenvalue weighted by molar-refractivity contribution is 0.668. The maximum Gasteiger partial charge on any atom is 0.145 e. The number of rotatable bonds is 4. The minimum Gasteiger partial charge on any atom is -0.456 e. The number of benzene rings is 6. The second-order valence-corrected chi connectivity index (χ2v) is 9.75. The van der Waals surface area contributed by atoms with E-state index in [0.29, 0.717) is 0 Å². The van der Waals surface area contributed by atoms with E-state index in [9.17, 15) is 0 Å². The van der Waals surface area contributed by atoms with Gasteiger partial charge in [-0.2, -0.15) is 0 Å². The maximum absolute atomic E-state index is 6.61. The molecular formula is C36H23NO2. The molecule has 8 rings (SSSR count). The van der Waals surface area contributed by atoms with Gasteiger partial charge in [-0.3, -0.25) is 0 Å². The SMILES string of the molecule is c1ccc(N(c2ccccc2)c2ccc(-c3ccc4c(c3)oc3ccccc34)c3oc4ccccc4c23)cc1. The summed E-state index contributed by atoms with van der Waals surface area (Å²) in [7, 11) is 0. The van der Waals surface area contributed by atoms with Crippen molar-refractivity contribution < 1.29 is 8.83 Å². The van der Waals surface area contributed by atoms with E-state index in [1.54, 1.807) is 0 Å². The summed E-state index contributed by atoms with van der Waals surface area (Å²) in [6.45, 7) is 0. The van der Waals surface area contributed by atoms with Crippen molar-refractivity contribution in [3.8, 4) is 11.1 Å². The van der Waals surface area contributed by atoms with E-state index in [4.69, 9.17) is 8.83 Å². The summed E-state index contributed by atoms with van der Waals surface area (Å²) in [5.41, 5.74) is 8.84. The van der Waals surface area contributed by atoms with E-state index < -0.39 is 0 Å². The van der Waals surface area contributed by atoms with E-state index in [1.165, 1.54) is 0 Å². The molecule has 0 saturated heterocycles. The first-order valence-electron chi connectivity index (χ1n) is 13.1. The minimum absolute atomic E-state index is 0.862. The highest BCUT2D eigenvalue weighted by Gasteiger charge is 2.22. The fraction of sp³-hybridized carbons (Fsp3) is 0. The number of para-hydroxylation sites is 4. The highest BCUT2D eigenvalue weighted by atomic mass is 16.3. The van der Waals surface area contributed by atoms with Gasteiger partial charge in [0.2, 0.25) is 0 Å². The fourth-order valence-corrected chi connectivity index (χ4v) is 5.70. The van der Waals surface area contributed by atoms with Gasteiger partial charge >= 0.3 is 0 Å². The molecule has 3 heteroatoms. The van der Waals surface area contributed by atoms with Gasteiger partial charge < -0.3 is 13.7 Å². The molecule has 2 aromatic heterocycles. The van der Waals surface area contributed by atoms with Crippen LogP contribution in [0.2, 0.25) is 0 Å². The van der Waals surface area contributed by atoms with Crippen LogP contribution in [0, 0.1) is 0 Å². The van der Waals surface area contributed by atoms with Gasteiger partial charge in [0.15, 0.2) is 0 Å². The molecule has 8 aromatic rings. The molecule has 0 radical (unpaired) electrons. The summed E-state index contributed by atoms with van der Waals surface area (Å²) < 4.78 is 12.8. The lowest BCUT2D eigenvalue weighted by Crippen LogP contribution is -2.10. The number of hydrogen-bond acceptors (Lipinski definition) is 3. The van der Waals surface area contributed by atoms with Crippen molar-refractivity contribution in [3.63, 3.8) is 0 Å². The Balaban J connectivity index is 1.41. The van der Waals surface area contributed by atoms with Crippen LogP contribution in [0.4, 0.5) is 17.1 Å². The first-order valence-corrected chi connectivity index (χ1v) is 13.1. The van der Waals surface area contributed by atoms with E-state index in [0.717, 1.165) is 72.1 Å². The molecule has 0 unspecified atom stereocenters. The smallest absolute Gasteiger partial charge is 0.145 e. The molecule has 0 aliphatic heterocycles. The number of hydrogen-bond donors (Lipinski definition) is 0. The summed E-state index contributed by atoms with van der Waals surface area (Å²) in [6.07, 6.45) is 0. The van der Waals surface area contributed by atoms with E-state index in [2.05, 4.69) is 102 Å². The average molecular weight is 502 g/mol. The van der Waals surface area contributed by atoms with Gasteiger partial charge in [0.1, 0.15) is 22.3 Å². The Bertz CT molecular complexity index is 2080. The molecule has 6 aromatic carbocycles. The second kappa shape index (κ2) is 8.64. The number of anilines is 3. The van der Waals surface area contributed by atoms with Crippen LogP contribution >= 0.6 is 0 Å². The fourth-order valence-electron chi connectivity index (χ4n) is 5.70. The van der Waals surface area contributed by atoms with Crippen molar-refractivity contribution in [2.24, 2.45) is 0 Å². The summed E-state index contributed by atoms with van der Waals surface area (Å²) in [6, 6.07) is 48.3. The third kappa shape index (κ3) is 3.44. The van der Waals surface area contributed by atoms with Crippen LogP contribution in [-0.4, -0.2) is 0 Å². The first-order chi connectivity index (χ1) is 19.3.